The molecular formula is C15H19N3O. The first-order valence-electron chi connectivity index (χ1n) is 6.58. The van der Waals surface area contributed by atoms with Gasteiger partial charge in [-0.2, -0.15) is 0 Å². The summed E-state index contributed by atoms with van der Waals surface area (Å²) in [6.45, 7) is 2.10. The maximum Gasteiger partial charge on any atom is 0.222 e. The topological polar surface area (TPSA) is 58.0 Å². The summed E-state index contributed by atoms with van der Waals surface area (Å²) in [5.41, 5.74) is 0.907. The van der Waals surface area contributed by atoms with Crippen molar-refractivity contribution in [2.24, 2.45) is 0 Å². The van der Waals surface area contributed by atoms with Gasteiger partial charge in [0.1, 0.15) is 0 Å². The molecule has 2 N–H and O–H groups in total. The zero-order chi connectivity index (χ0) is 13.5. The van der Waals surface area contributed by atoms with Crippen molar-refractivity contribution in [3.8, 4) is 0 Å². The molecule has 2 rings (SSSR count). The van der Waals surface area contributed by atoms with Crippen molar-refractivity contribution in [1.29, 1.82) is 0 Å². The zero-order valence-corrected chi connectivity index (χ0v) is 11.0. The van der Waals surface area contributed by atoms with Crippen molar-refractivity contribution in [3.63, 3.8) is 0 Å². The average Bonchev–Trinajstić information content (AvgIpc) is 2.48. The van der Waals surface area contributed by atoms with Gasteiger partial charge in [0, 0.05) is 12.4 Å². The van der Waals surface area contributed by atoms with E-state index in [9.17, 15) is 5.11 Å². The summed E-state index contributed by atoms with van der Waals surface area (Å²) < 4.78 is 0. The second-order valence-electron chi connectivity index (χ2n) is 4.47. The molecular weight excluding hydrogens is 238 g/mol. The highest BCUT2D eigenvalue weighted by Gasteiger charge is 2.20. The van der Waals surface area contributed by atoms with Gasteiger partial charge in [-0.25, -0.2) is 9.97 Å². The number of benzene rings is 1. The summed E-state index contributed by atoms with van der Waals surface area (Å²) >= 11 is 0. The lowest BCUT2D eigenvalue weighted by Gasteiger charge is -2.24. The van der Waals surface area contributed by atoms with Gasteiger partial charge < -0.3 is 10.4 Å². The van der Waals surface area contributed by atoms with E-state index in [0.29, 0.717) is 5.95 Å². The standard InChI is InChI=1S/C15H19N3O/c1-2-7-13(18-15-16-10-6-11-17-15)14(19)12-8-4-3-5-9-12/h3-6,8-11,13-14,19H,2,7H2,1H3,(H,16,17,18)/t13-,14+/m1/s1. The molecule has 0 amide bonds. The third-order valence-corrected chi connectivity index (χ3v) is 3.00. The molecule has 1 aromatic heterocycles. The Hall–Kier alpha value is -1.94. The molecule has 0 unspecified atom stereocenters. The van der Waals surface area contributed by atoms with Gasteiger partial charge in [-0.05, 0) is 18.1 Å². The van der Waals surface area contributed by atoms with Crippen LogP contribution in [0.2, 0.25) is 0 Å². The molecule has 100 valence electrons. The largest absolute Gasteiger partial charge is 0.386 e. The second kappa shape index (κ2) is 6.85. The number of hydrogen-bond donors (Lipinski definition) is 2. The Kier molecular flexibility index (Phi) is 4.86. The van der Waals surface area contributed by atoms with Crippen LogP contribution in [0.15, 0.2) is 48.8 Å². The molecule has 0 aliphatic heterocycles. The van der Waals surface area contributed by atoms with Crippen LogP contribution in [-0.2, 0) is 0 Å². The molecule has 1 aromatic carbocycles. The molecule has 0 saturated heterocycles. The minimum absolute atomic E-state index is 0.0881. The summed E-state index contributed by atoms with van der Waals surface area (Å²) in [5, 5.41) is 13.7. The first-order chi connectivity index (χ1) is 9.31. The minimum atomic E-state index is -0.565. The third kappa shape index (κ3) is 3.76. The Balaban J connectivity index is 2.11. The average molecular weight is 257 g/mol. The maximum absolute atomic E-state index is 10.5. The predicted molar refractivity (Wildman–Crippen MR) is 75.8 cm³/mol. The minimum Gasteiger partial charge on any atom is -0.386 e. The lowest BCUT2D eigenvalue weighted by molar-refractivity contribution is 0.149. The first-order valence-corrected chi connectivity index (χ1v) is 6.58. The molecule has 0 fully saturated rings. The molecule has 0 aliphatic carbocycles. The summed E-state index contributed by atoms with van der Waals surface area (Å²) in [6.07, 6.45) is 4.65. The van der Waals surface area contributed by atoms with Crippen molar-refractivity contribution < 1.29 is 5.11 Å². The van der Waals surface area contributed by atoms with E-state index < -0.39 is 6.10 Å². The van der Waals surface area contributed by atoms with Crippen molar-refractivity contribution in [2.75, 3.05) is 5.32 Å². The van der Waals surface area contributed by atoms with Crippen molar-refractivity contribution >= 4 is 5.95 Å². The van der Waals surface area contributed by atoms with Gasteiger partial charge in [0.2, 0.25) is 5.95 Å². The number of hydrogen-bond acceptors (Lipinski definition) is 4. The van der Waals surface area contributed by atoms with Crippen LogP contribution >= 0.6 is 0 Å². The van der Waals surface area contributed by atoms with E-state index in [0.717, 1.165) is 18.4 Å². The van der Waals surface area contributed by atoms with Gasteiger partial charge >= 0.3 is 0 Å². The van der Waals surface area contributed by atoms with Gasteiger partial charge in [-0.1, -0.05) is 43.7 Å². The van der Waals surface area contributed by atoms with Crippen LogP contribution in [0, 0.1) is 0 Å². The van der Waals surface area contributed by atoms with E-state index in [4.69, 9.17) is 0 Å². The van der Waals surface area contributed by atoms with E-state index in [1.807, 2.05) is 30.3 Å². The molecule has 2 aromatic rings. The summed E-state index contributed by atoms with van der Waals surface area (Å²) in [5.74, 6) is 0.552. The van der Waals surface area contributed by atoms with Crippen LogP contribution in [0.25, 0.3) is 0 Å². The van der Waals surface area contributed by atoms with Crippen LogP contribution in [-0.4, -0.2) is 21.1 Å². The molecule has 0 bridgehead atoms. The first kappa shape index (κ1) is 13.5. The molecule has 0 aliphatic rings. The van der Waals surface area contributed by atoms with E-state index in [1.54, 1.807) is 18.5 Å². The van der Waals surface area contributed by atoms with Gasteiger partial charge in [-0.3, -0.25) is 0 Å². The normalized spacial score (nSPS) is 13.8. The Bertz CT molecular complexity index is 475. The number of aromatic nitrogens is 2. The summed E-state index contributed by atoms with van der Waals surface area (Å²) in [6, 6.07) is 11.4. The molecule has 19 heavy (non-hydrogen) atoms. The summed E-state index contributed by atoms with van der Waals surface area (Å²) in [7, 11) is 0. The van der Waals surface area contributed by atoms with E-state index in [2.05, 4.69) is 22.2 Å². The van der Waals surface area contributed by atoms with E-state index in [-0.39, 0.29) is 6.04 Å². The van der Waals surface area contributed by atoms with Gasteiger partial charge in [0.05, 0.1) is 12.1 Å². The SMILES string of the molecule is CCC[C@@H](Nc1ncccn1)[C@@H](O)c1ccccc1. The van der Waals surface area contributed by atoms with Crippen LogP contribution in [0.1, 0.15) is 31.4 Å². The highest BCUT2D eigenvalue weighted by atomic mass is 16.3. The quantitative estimate of drug-likeness (QED) is 0.835. The van der Waals surface area contributed by atoms with Crippen LogP contribution in [0.4, 0.5) is 5.95 Å². The molecule has 0 radical (unpaired) electrons. The van der Waals surface area contributed by atoms with Gasteiger partial charge in [0.15, 0.2) is 0 Å². The fraction of sp³-hybridized carbons (Fsp3) is 0.333. The highest BCUT2D eigenvalue weighted by molar-refractivity contribution is 5.28. The smallest absolute Gasteiger partial charge is 0.222 e. The zero-order valence-electron chi connectivity index (χ0n) is 11.0. The number of rotatable bonds is 6. The molecule has 4 nitrogen and oxygen atoms in total. The Labute approximate surface area is 113 Å². The molecule has 0 saturated carbocycles. The van der Waals surface area contributed by atoms with Gasteiger partial charge in [0.25, 0.3) is 0 Å². The lowest BCUT2D eigenvalue weighted by atomic mass is 9.99. The van der Waals surface area contributed by atoms with Crippen LogP contribution < -0.4 is 5.32 Å². The van der Waals surface area contributed by atoms with Crippen molar-refractivity contribution in [2.45, 2.75) is 31.9 Å². The number of anilines is 1. The molecule has 1 heterocycles. The highest BCUT2D eigenvalue weighted by Crippen LogP contribution is 2.21. The second-order valence-corrected chi connectivity index (χ2v) is 4.47. The van der Waals surface area contributed by atoms with Crippen LogP contribution in [0.5, 0.6) is 0 Å². The Morgan fingerprint density at radius 2 is 1.79 bits per heavy atom. The molecule has 4 heteroatoms. The Morgan fingerprint density at radius 3 is 2.42 bits per heavy atom. The number of nitrogens with one attached hydrogen (secondary N) is 1. The van der Waals surface area contributed by atoms with Crippen LogP contribution in [0.3, 0.4) is 0 Å². The number of aliphatic hydroxyl groups is 1. The number of aliphatic hydroxyl groups excluding tert-OH is 1. The monoisotopic (exact) mass is 257 g/mol. The third-order valence-electron chi connectivity index (χ3n) is 3.00. The Morgan fingerprint density at radius 1 is 1.11 bits per heavy atom. The van der Waals surface area contributed by atoms with Crippen molar-refractivity contribution in [1.82, 2.24) is 9.97 Å². The number of nitrogens with zero attached hydrogens (tertiary/aromatic N) is 2. The van der Waals surface area contributed by atoms with E-state index in [1.165, 1.54) is 0 Å². The fourth-order valence-electron chi connectivity index (χ4n) is 2.04. The predicted octanol–water partition coefficient (Wildman–Crippen LogP) is 2.79. The summed E-state index contributed by atoms with van der Waals surface area (Å²) in [4.78, 5) is 8.29. The van der Waals surface area contributed by atoms with Crippen molar-refractivity contribution in [3.05, 3.63) is 54.4 Å². The fourth-order valence-corrected chi connectivity index (χ4v) is 2.04. The lowest BCUT2D eigenvalue weighted by Crippen LogP contribution is -2.28. The van der Waals surface area contributed by atoms with Gasteiger partial charge in [-0.15, -0.1) is 0 Å². The maximum atomic E-state index is 10.5. The molecule has 0 spiro atoms. The molecule has 2 atom stereocenters. The van der Waals surface area contributed by atoms with E-state index >= 15 is 0 Å².